The van der Waals surface area contributed by atoms with Gasteiger partial charge in [-0.3, -0.25) is 14.5 Å². The molecule has 0 atom stereocenters. The Kier molecular flexibility index (Phi) is 7.16. The number of benzene rings is 1. The van der Waals surface area contributed by atoms with Crippen molar-refractivity contribution in [2.75, 3.05) is 19.6 Å². The van der Waals surface area contributed by atoms with Gasteiger partial charge in [0.2, 0.25) is 0 Å². The summed E-state index contributed by atoms with van der Waals surface area (Å²) in [7, 11) is 0. The Morgan fingerprint density at radius 2 is 1.81 bits per heavy atom. The van der Waals surface area contributed by atoms with E-state index in [1.165, 1.54) is 5.56 Å². The maximum atomic E-state index is 12.7. The van der Waals surface area contributed by atoms with Gasteiger partial charge in [0, 0.05) is 23.5 Å². The maximum Gasteiger partial charge on any atom is 0.317 e. The average Bonchev–Trinajstić information content (AvgIpc) is 2.88. The molecule has 0 saturated heterocycles. The lowest BCUT2D eigenvalue weighted by Gasteiger charge is -2.18. The van der Waals surface area contributed by atoms with Crippen LogP contribution in [0.3, 0.4) is 0 Å². The summed E-state index contributed by atoms with van der Waals surface area (Å²) in [5, 5.41) is 9.02. The fraction of sp³-hybridized carbons (Fsp3) is 0.429. The van der Waals surface area contributed by atoms with Crippen molar-refractivity contribution in [2.45, 2.75) is 40.2 Å². The van der Waals surface area contributed by atoms with Gasteiger partial charge in [0.15, 0.2) is 5.78 Å². The smallest absolute Gasteiger partial charge is 0.317 e. The fourth-order valence-corrected chi connectivity index (χ4v) is 3.32. The highest BCUT2D eigenvalue weighted by atomic mass is 16.4. The minimum Gasteiger partial charge on any atom is -0.480 e. The molecule has 5 heteroatoms. The quantitative estimate of drug-likeness (QED) is 0.663. The Morgan fingerprint density at radius 1 is 1.12 bits per heavy atom. The molecule has 1 aromatic heterocycles. The molecule has 0 amide bonds. The normalized spacial score (nSPS) is 11.1. The molecule has 2 aromatic rings. The Labute approximate surface area is 155 Å². The van der Waals surface area contributed by atoms with Crippen LogP contribution in [-0.2, 0) is 17.8 Å². The molecule has 0 aliphatic carbocycles. The minimum atomic E-state index is -0.903. The van der Waals surface area contributed by atoms with Gasteiger partial charge in [-0.15, -0.1) is 0 Å². The van der Waals surface area contributed by atoms with Gasteiger partial charge in [-0.1, -0.05) is 37.3 Å². The molecule has 0 bridgehead atoms. The number of carbonyl (C=O) groups excluding carboxylic acids is 1. The molecular weight excluding hydrogens is 328 g/mol. The van der Waals surface area contributed by atoms with Crippen LogP contribution < -0.4 is 0 Å². The maximum absolute atomic E-state index is 12.7. The zero-order chi connectivity index (χ0) is 19.1. The number of aromatic nitrogens is 1. The number of hydrogen-bond donors (Lipinski definition) is 1. The van der Waals surface area contributed by atoms with Gasteiger partial charge in [-0.25, -0.2) is 0 Å². The first-order chi connectivity index (χ1) is 12.4. The first-order valence-electron chi connectivity index (χ1n) is 9.10. The van der Waals surface area contributed by atoms with Gasteiger partial charge >= 0.3 is 5.97 Å². The number of ketones is 1. The van der Waals surface area contributed by atoms with Gasteiger partial charge in [0.1, 0.15) is 0 Å². The van der Waals surface area contributed by atoms with Crippen molar-refractivity contribution < 1.29 is 14.7 Å². The number of nitrogens with zero attached hydrogens (tertiary/aromatic N) is 2. The standard InChI is InChI=1S/C21H28N2O3/c1-4-11-22(15-21(25)26)14-20(24)19-13-16(2)23(17(19)3)12-10-18-8-6-5-7-9-18/h5-9,13H,4,10-12,14-15H2,1-3H3,(H,25,26). The van der Waals surface area contributed by atoms with Crippen molar-refractivity contribution in [1.82, 2.24) is 9.47 Å². The Hall–Kier alpha value is -2.40. The van der Waals surface area contributed by atoms with Crippen LogP contribution in [0.25, 0.3) is 0 Å². The van der Waals surface area contributed by atoms with Gasteiger partial charge < -0.3 is 9.67 Å². The van der Waals surface area contributed by atoms with E-state index in [1.54, 1.807) is 4.90 Å². The van der Waals surface area contributed by atoms with E-state index < -0.39 is 5.97 Å². The van der Waals surface area contributed by atoms with Crippen molar-refractivity contribution in [1.29, 1.82) is 0 Å². The van der Waals surface area contributed by atoms with Crippen LogP contribution in [0.15, 0.2) is 36.4 Å². The van der Waals surface area contributed by atoms with Crippen LogP contribution in [0.4, 0.5) is 0 Å². The molecule has 0 aliphatic rings. The van der Waals surface area contributed by atoms with E-state index in [0.717, 1.165) is 30.8 Å². The van der Waals surface area contributed by atoms with Crippen molar-refractivity contribution in [3.63, 3.8) is 0 Å². The van der Waals surface area contributed by atoms with Crippen LogP contribution in [0.1, 0.15) is 40.7 Å². The highest BCUT2D eigenvalue weighted by molar-refractivity contribution is 5.99. The van der Waals surface area contributed by atoms with Crippen LogP contribution >= 0.6 is 0 Å². The number of carboxylic acids is 1. The molecule has 0 radical (unpaired) electrons. The third-order valence-corrected chi connectivity index (χ3v) is 4.61. The summed E-state index contributed by atoms with van der Waals surface area (Å²) in [5.74, 6) is -0.918. The molecule has 0 aliphatic heterocycles. The largest absolute Gasteiger partial charge is 0.480 e. The molecule has 1 aromatic carbocycles. The Balaban J connectivity index is 2.09. The lowest BCUT2D eigenvalue weighted by Crippen LogP contribution is -2.35. The lowest BCUT2D eigenvalue weighted by atomic mass is 10.1. The number of rotatable bonds is 10. The van der Waals surface area contributed by atoms with Gasteiger partial charge in [0.05, 0.1) is 13.1 Å². The number of carbonyl (C=O) groups is 2. The number of carboxylic acid groups (broad SMARTS) is 1. The highest BCUT2D eigenvalue weighted by Gasteiger charge is 2.19. The first kappa shape index (κ1) is 19.9. The summed E-state index contributed by atoms with van der Waals surface area (Å²) in [6, 6.07) is 12.2. The van der Waals surface area contributed by atoms with Crippen molar-refractivity contribution in [2.24, 2.45) is 0 Å². The van der Waals surface area contributed by atoms with E-state index >= 15 is 0 Å². The molecule has 1 N–H and O–H groups in total. The van der Waals surface area contributed by atoms with Crippen molar-refractivity contribution >= 4 is 11.8 Å². The molecule has 0 unspecified atom stereocenters. The topological polar surface area (TPSA) is 62.5 Å². The lowest BCUT2D eigenvalue weighted by molar-refractivity contribution is -0.138. The monoisotopic (exact) mass is 356 g/mol. The molecule has 26 heavy (non-hydrogen) atoms. The second-order valence-electron chi connectivity index (χ2n) is 6.70. The number of aliphatic carboxylic acids is 1. The van der Waals surface area contributed by atoms with Gasteiger partial charge in [-0.2, -0.15) is 0 Å². The summed E-state index contributed by atoms with van der Waals surface area (Å²) >= 11 is 0. The Morgan fingerprint density at radius 3 is 2.42 bits per heavy atom. The average molecular weight is 356 g/mol. The molecule has 1 heterocycles. The van der Waals surface area contributed by atoms with Crippen LogP contribution in [0, 0.1) is 13.8 Å². The second-order valence-corrected chi connectivity index (χ2v) is 6.70. The van der Waals surface area contributed by atoms with E-state index in [2.05, 4.69) is 16.7 Å². The second kappa shape index (κ2) is 9.34. The molecule has 0 spiro atoms. The van der Waals surface area contributed by atoms with E-state index in [4.69, 9.17) is 5.11 Å². The number of Topliss-reactive ketones (excluding diaryl/α,β-unsaturated/α-hetero) is 1. The predicted molar refractivity (Wildman–Crippen MR) is 103 cm³/mol. The number of aryl methyl sites for hydroxylation is 2. The van der Waals surface area contributed by atoms with E-state index in [1.807, 2.05) is 45.0 Å². The van der Waals surface area contributed by atoms with E-state index in [9.17, 15) is 9.59 Å². The minimum absolute atomic E-state index is 0.0150. The number of hydrogen-bond acceptors (Lipinski definition) is 3. The third-order valence-electron chi connectivity index (χ3n) is 4.61. The van der Waals surface area contributed by atoms with E-state index in [0.29, 0.717) is 12.1 Å². The summed E-state index contributed by atoms with van der Waals surface area (Å²) in [5.41, 5.74) is 3.97. The molecule has 2 rings (SSSR count). The van der Waals surface area contributed by atoms with Crippen LogP contribution in [0.5, 0.6) is 0 Å². The third kappa shape index (κ3) is 5.30. The molecule has 0 fully saturated rings. The molecule has 5 nitrogen and oxygen atoms in total. The molecule has 0 saturated carbocycles. The van der Waals surface area contributed by atoms with Crippen molar-refractivity contribution in [3.05, 3.63) is 58.9 Å². The Bertz CT molecular complexity index is 750. The zero-order valence-electron chi connectivity index (χ0n) is 15.9. The van der Waals surface area contributed by atoms with Crippen molar-refractivity contribution in [3.8, 4) is 0 Å². The summed E-state index contributed by atoms with van der Waals surface area (Å²) in [6.07, 6.45) is 1.72. The van der Waals surface area contributed by atoms with Crippen LogP contribution in [0.2, 0.25) is 0 Å². The van der Waals surface area contributed by atoms with Gasteiger partial charge in [0.25, 0.3) is 0 Å². The highest BCUT2D eigenvalue weighted by Crippen LogP contribution is 2.17. The SMILES string of the molecule is CCCN(CC(=O)O)CC(=O)c1cc(C)n(CCc2ccccc2)c1C. The fourth-order valence-electron chi connectivity index (χ4n) is 3.32. The zero-order valence-corrected chi connectivity index (χ0v) is 15.9. The van der Waals surface area contributed by atoms with Crippen LogP contribution in [-0.4, -0.2) is 46.0 Å². The van der Waals surface area contributed by atoms with Gasteiger partial charge in [-0.05, 0) is 44.9 Å². The molecular formula is C21H28N2O3. The van der Waals surface area contributed by atoms with E-state index in [-0.39, 0.29) is 18.9 Å². The predicted octanol–water partition coefficient (Wildman–Crippen LogP) is 3.33. The summed E-state index contributed by atoms with van der Waals surface area (Å²) in [4.78, 5) is 25.4. The summed E-state index contributed by atoms with van der Waals surface area (Å²) < 4.78 is 2.17. The molecule has 140 valence electrons. The first-order valence-corrected chi connectivity index (χ1v) is 9.10. The summed E-state index contributed by atoms with van der Waals surface area (Å²) in [6.45, 7) is 7.42.